The number of likely N-dealkylation sites (tertiary alicyclic amines) is 1. The molecule has 0 radical (unpaired) electrons. The maximum Gasteiger partial charge on any atom is 0.253 e. The first-order chi connectivity index (χ1) is 13.5. The van der Waals surface area contributed by atoms with Crippen LogP contribution in [0.2, 0.25) is 0 Å². The van der Waals surface area contributed by atoms with Gasteiger partial charge in [-0.15, -0.1) is 0 Å². The molecule has 0 aliphatic carbocycles. The van der Waals surface area contributed by atoms with Crippen LogP contribution in [0.4, 0.5) is 8.78 Å². The van der Waals surface area contributed by atoms with Gasteiger partial charge in [0.1, 0.15) is 5.60 Å². The molecule has 5 nitrogen and oxygen atoms in total. The highest BCUT2D eigenvalue weighted by Crippen LogP contribution is 2.37. The molecule has 2 aromatic carbocycles. The SMILES string of the molecule is O=C(c1ccc(F)c(F)c1)N1CCC2(CC1)CC(=O)N(Cc1ccccc1)O2. The Morgan fingerprint density at radius 2 is 1.75 bits per heavy atom. The molecule has 2 heterocycles. The summed E-state index contributed by atoms with van der Waals surface area (Å²) in [7, 11) is 0. The summed E-state index contributed by atoms with van der Waals surface area (Å²) in [6.07, 6.45) is 1.31. The fraction of sp³-hybridized carbons (Fsp3) is 0.333. The van der Waals surface area contributed by atoms with Crippen LogP contribution < -0.4 is 0 Å². The number of amides is 2. The lowest BCUT2D eigenvalue weighted by molar-refractivity contribution is -0.213. The number of hydrogen-bond acceptors (Lipinski definition) is 3. The Hall–Kier alpha value is -2.80. The molecule has 2 aliphatic rings. The molecule has 1 spiro atoms. The van der Waals surface area contributed by atoms with Gasteiger partial charge in [-0.1, -0.05) is 30.3 Å². The van der Waals surface area contributed by atoms with Gasteiger partial charge >= 0.3 is 0 Å². The lowest BCUT2D eigenvalue weighted by Gasteiger charge is -2.37. The van der Waals surface area contributed by atoms with E-state index in [1.54, 1.807) is 4.90 Å². The van der Waals surface area contributed by atoms with Gasteiger partial charge in [-0.2, -0.15) is 0 Å². The third kappa shape index (κ3) is 3.62. The van der Waals surface area contributed by atoms with E-state index in [-0.39, 0.29) is 23.8 Å². The summed E-state index contributed by atoms with van der Waals surface area (Å²) >= 11 is 0. The van der Waals surface area contributed by atoms with Crippen molar-refractivity contribution in [3.05, 3.63) is 71.3 Å². The lowest BCUT2D eigenvalue weighted by atomic mass is 9.88. The molecule has 2 aromatic rings. The number of nitrogens with zero attached hydrogens (tertiary/aromatic N) is 2. The van der Waals surface area contributed by atoms with Gasteiger partial charge < -0.3 is 4.90 Å². The summed E-state index contributed by atoms with van der Waals surface area (Å²) in [5, 5.41) is 1.40. The molecule has 0 saturated carbocycles. The maximum absolute atomic E-state index is 13.4. The summed E-state index contributed by atoms with van der Waals surface area (Å²) < 4.78 is 26.5. The Morgan fingerprint density at radius 1 is 1.04 bits per heavy atom. The molecule has 2 amide bonds. The van der Waals surface area contributed by atoms with Gasteiger partial charge in [0.05, 0.1) is 13.0 Å². The largest absolute Gasteiger partial charge is 0.338 e. The average molecular weight is 386 g/mol. The van der Waals surface area contributed by atoms with Crippen molar-refractivity contribution in [3.8, 4) is 0 Å². The summed E-state index contributed by atoms with van der Waals surface area (Å²) in [6, 6.07) is 12.8. The molecule has 0 aromatic heterocycles. The number of carbonyl (C=O) groups excluding carboxylic acids is 2. The Labute approximate surface area is 161 Å². The van der Waals surface area contributed by atoms with Crippen LogP contribution in [0.1, 0.15) is 35.2 Å². The van der Waals surface area contributed by atoms with Crippen molar-refractivity contribution >= 4 is 11.8 Å². The Kier molecular flexibility index (Phi) is 4.85. The minimum absolute atomic E-state index is 0.0655. The van der Waals surface area contributed by atoms with Crippen LogP contribution in [0.25, 0.3) is 0 Å². The Balaban J connectivity index is 1.39. The van der Waals surface area contributed by atoms with Crippen molar-refractivity contribution in [2.45, 2.75) is 31.4 Å². The van der Waals surface area contributed by atoms with Crippen LogP contribution in [0.3, 0.4) is 0 Å². The van der Waals surface area contributed by atoms with Crippen molar-refractivity contribution in [1.29, 1.82) is 0 Å². The van der Waals surface area contributed by atoms with E-state index >= 15 is 0 Å². The third-order valence-corrected chi connectivity index (χ3v) is 5.35. The second kappa shape index (κ2) is 7.31. The van der Waals surface area contributed by atoms with E-state index in [2.05, 4.69) is 0 Å². The molecule has 4 rings (SSSR count). The van der Waals surface area contributed by atoms with Gasteiger partial charge in [0.25, 0.3) is 5.91 Å². The molecule has 0 atom stereocenters. The quantitative estimate of drug-likeness (QED) is 0.813. The van der Waals surface area contributed by atoms with Gasteiger partial charge in [-0.3, -0.25) is 14.4 Å². The van der Waals surface area contributed by atoms with Gasteiger partial charge in [0.2, 0.25) is 5.91 Å². The van der Waals surface area contributed by atoms with Crippen molar-refractivity contribution < 1.29 is 23.2 Å². The van der Waals surface area contributed by atoms with Crippen LogP contribution in [0.5, 0.6) is 0 Å². The molecule has 0 bridgehead atoms. The number of benzene rings is 2. The lowest BCUT2D eigenvalue weighted by Crippen LogP contribution is -2.47. The Bertz CT molecular complexity index is 896. The van der Waals surface area contributed by atoms with Crippen LogP contribution in [-0.4, -0.2) is 40.5 Å². The molecular formula is C21H20F2N2O3. The highest BCUT2D eigenvalue weighted by atomic mass is 19.2. The first-order valence-electron chi connectivity index (χ1n) is 9.24. The Morgan fingerprint density at radius 3 is 2.43 bits per heavy atom. The van der Waals surface area contributed by atoms with E-state index in [9.17, 15) is 18.4 Å². The molecule has 7 heteroatoms. The standard InChI is InChI=1S/C21H20F2N2O3/c22-17-7-6-16(12-18(17)23)20(27)24-10-8-21(9-11-24)13-19(26)25(28-21)14-15-4-2-1-3-5-15/h1-7,12H,8-11,13-14H2. The molecule has 146 valence electrons. The molecular weight excluding hydrogens is 366 g/mol. The van der Waals surface area contributed by atoms with Gasteiger partial charge in [0, 0.05) is 18.7 Å². The molecule has 2 fully saturated rings. The number of rotatable bonds is 3. The van der Waals surface area contributed by atoms with Gasteiger partial charge in [-0.25, -0.2) is 13.8 Å². The topological polar surface area (TPSA) is 49.9 Å². The zero-order valence-electron chi connectivity index (χ0n) is 15.2. The predicted octanol–water partition coefficient (Wildman–Crippen LogP) is 3.30. The van der Waals surface area contributed by atoms with E-state index < -0.39 is 17.2 Å². The van der Waals surface area contributed by atoms with Crippen molar-refractivity contribution in [2.24, 2.45) is 0 Å². The number of hydrogen-bond donors (Lipinski definition) is 0. The molecule has 28 heavy (non-hydrogen) atoms. The second-order valence-electron chi connectivity index (χ2n) is 7.29. The van der Waals surface area contributed by atoms with Crippen molar-refractivity contribution in [1.82, 2.24) is 9.96 Å². The first kappa shape index (κ1) is 18.6. The smallest absolute Gasteiger partial charge is 0.253 e. The summed E-state index contributed by atoms with van der Waals surface area (Å²) in [5.74, 6) is -2.44. The number of piperidine rings is 1. The summed E-state index contributed by atoms with van der Waals surface area (Å²) in [5.41, 5.74) is 0.499. The van der Waals surface area contributed by atoms with E-state index in [0.29, 0.717) is 32.5 Å². The zero-order valence-corrected chi connectivity index (χ0v) is 15.2. The third-order valence-electron chi connectivity index (χ3n) is 5.35. The first-order valence-corrected chi connectivity index (χ1v) is 9.24. The monoisotopic (exact) mass is 386 g/mol. The fourth-order valence-electron chi connectivity index (χ4n) is 3.75. The fourth-order valence-corrected chi connectivity index (χ4v) is 3.75. The normalized spacial score (nSPS) is 18.7. The van der Waals surface area contributed by atoms with Crippen LogP contribution in [0.15, 0.2) is 48.5 Å². The van der Waals surface area contributed by atoms with Crippen LogP contribution in [-0.2, 0) is 16.2 Å². The van der Waals surface area contributed by atoms with E-state index in [1.807, 2.05) is 30.3 Å². The van der Waals surface area contributed by atoms with Crippen molar-refractivity contribution in [3.63, 3.8) is 0 Å². The minimum atomic E-state index is -1.04. The predicted molar refractivity (Wildman–Crippen MR) is 96.9 cm³/mol. The summed E-state index contributed by atoms with van der Waals surface area (Å²) in [6.45, 7) is 1.17. The number of halogens is 2. The minimum Gasteiger partial charge on any atom is -0.338 e. The number of hydroxylamine groups is 2. The zero-order chi connectivity index (χ0) is 19.7. The van der Waals surface area contributed by atoms with E-state index in [0.717, 1.165) is 17.7 Å². The maximum atomic E-state index is 13.4. The summed E-state index contributed by atoms with van der Waals surface area (Å²) in [4.78, 5) is 32.6. The number of carbonyl (C=O) groups is 2. The highest BCUT2D eigenvalue weighted by molar-refractivity contribution is 5.94. The average Bonchev–Trinajstić information content (AvgIpc) is 2.99. The molecule has 2 saturated heterocycles. The van der Waals surface area contributed by atoms with Crippen LogP contribution in [0, 0.1) is 11.6 Å². The second-order valence-corrected chi connectivity index (χ2v) is 7.29. The van der Waals surface area contributed by atoms with Gasteiger partial charge in [0.15, 0.2) is 11.6 Å². The molecule has 2 aliphatic heterocycles. The molecule has 0 N–H and O–H groups in total. The highest BCUT2D eigenvalue weighted by Gasteiger charge is 2.47. The van der Waals surface area contributed by atoms with E-state index in [4.69, 9.17) is 4.84 Å². The van der Waals surface area contributed by atoms with Crippen LogP contribution >= 0.6 is 0 Å². The van der Waals surface area contributed by atoms with E-state index in [1.165, 1.54) is 11.1 Å². The van der Waals surface area contributed by atoms with Gasteiger partial charge in [-0.05, 0) is 36.6 Å². The molecule has 0 unspecified atom stereocenters. The van der Waals surface area contributed by atoms with Crippen molar-refractivity contribution in [2.75, 3.05) is 13.1 Å².